The zero-order valence-electron chi connectivity index (χ0n) is 12.5. The molecule has 0 amide bonds. The van der Waals surface area contributed by atoms with Crippen molar-refractivity contribution in [1.82, 2.24) is 4.90 Å². The molecule has 0 saturated carbocycles. The van der Waals surface area contributed by atoms with E-state index in [1.54, 1.807) is 0 Å². The van der Waals surface area contributed by atoms with Gasteiger partial charge in [0.15, 0.2) is 0 Å². The molecular weight excluding hydrogens is 319 g/mol. The van der Waals surface area contributed by atoms with Gasteiger partial charge >= 0.3 is 0 Å². The molecule has 0 bridgehead atoms. The molecule has 2 nitrogen and oxygen atoms in total. The van der Waals surface area contributed by atoms with Gasteiger partial charge in [0.1, 0.15) is 5.82 Å². The first-order valence-corrected chi connectivity index (χ1v) is 8.07. The fraction of sp³-hybridized carbons (Fsp3) is 0.625. The van der Waals surface area contributed by atoms with Gasteiger partial charge in [-0.15, -0.1) is 0 Å². The first-order chi connectivity index (χ1) is 9.30. The molecule has 2 N–H and O–H groups in total. The van der Waals surface area contributed by atoms with Crippen LogP contribution in [0.25, 0.3) is 0 Å². The number of nitrogens with two attached hydrogens (primary N) is 1. The summed E-state index contributed by atoms with van der Waals surface area (Å²) in [6, 6.07) is 5.14. The highest BCUT2D eigenvalue weighted by molar-refractivity contribution is 9.10. The predicted molar refractivity (Wildman–Crippen MR) is 85.1 cm³/mol. The van der Waals surface area contributed by atoms with Crippen LogP contribution in [0.5, 0.6) is 0 Å². The lowest BCUT2D eigenvalue weighted by atomic mass is 9.92. The van der Waals surface area contributed by atoms with E-state index in [9.17, 15) is 4.39 Å². The minimum absolute atomic E-state index is 0.0421. The van der Waals surface area contributed by atoms with E-state index >= 15 is 0 Å². The van der Waals surface area contributed by atoms with Gasteiger partial charge in [-0.25, -0.2) is 4.39 Å². The Morgan fingerprint density at radius 2 is 2.00 bits per heavy atom. The molecule has 2 rings (SSSR count). The van der Waals surface area contributed by atoms with Crippen molar-refractivity contribution in [2.45, 2.75) is 57.7 Å². The summed E-state index contributed by atoms with van der Waals surface area (Å²) in [5.74, 6) is -0.217. The minimum Gasteiger partial charge on any atom is -0.326 e. The maximum atomic E-state index is 13.3. The van der Waals surface area contributed by atoms with E-state index in [0.29, 0.717) is 0 Å². The third kappa shape index (κ3) is 3.41. The van der Waals surface area contributed by atoms with Gasteiger partial charge in [0.2, 0.25) is 0 Å². The quantitative estimate of drug-likeness (QED) is 0.826. The standard InChI is InChI=1S/C16H24BrFN2/c1-16(2,3)20-9-5-4-6-14(19)15(20)12-8-7-11(18)10-13(12)17/h7-8,10,14-15H,4-6,9,19H2,1-3H3. The van der Waals surface area contributed by atoms with Crippen molar-refractivity contribution >= 4 is 15.9 Å². The van der Waals surface area contributed by atoms with Crippen molar-refractivity contribution in [3.05, 3.63) is 34.1 Å². The second-order valence-corrected chi connectivity index (χ2v) is 7.49. The maximum absolute atomic E-state index is 13.3. The number of hydrogen-bond donors (Lipinski definition) is 1. The number of halogens is 2. The lowest BCUT2D eigenvalue weighted by molar-refractivity contribution is 0.0751. The van der Waals surface area contributed by atoms with Crippen LogP contribution in [-0.2, 0) is 0 Å². The molecule has 1 aliphatic heterocycles. The summed E-state index contributed by atoms with van der Waals surface area (Å²) in [5.41, 5.74) is 7.58. The van der Waals surface area contributed by atoms with E-state index in [1.165, 1.54) is 18.6 Å². The summed E-state index contributed by atoms with van der Waals surface area (Å²) in [6.45, 7) is 7.69. The Morgan fingerprint density at radius 3 is 2.60 bits per heavy atom. The summed E-state index contributed by atoms with van der Waals surface area (Å²) >= 11 is 3.51. The highest BCUT2D eigenvalue weighted by Crippen LogP contribution is 2.37. The van der Waals surface area contributed by atoms with E-state index in [-0.39, 0.29) is 23.4 Å². The average Bonchev–Trinajstić information content (AvgIpc) is 2.51. The Bertz CT molecular complexity index is 470. The first kappa shape index (κ1) is 15.9. The van der Waals surface area contributed by atoms with E-state index in [1.807, 2.05) is 6.07 Å². The first-order valence-electron chi connectivity index (χ1n) is 7.28. The Balaban J connectivity index is 2.45. The fourth-order valence-corrected chi connectivity index (χ4v) is 3.67. The number of hydrogen-bond acceptors (Lipinski definition) is 2. The monoisotopic (exact) mass is 342 g/mol. The van der Waals surface area contributed by atoms with Crippen LogP contribution < -0.4 is 5.73 Å². The smallest absolute Gasteiger partial charge is 0.124 e. The second-order valence-electron chi connectivity index (χ2n) is 6.63. The van der Waals surface area contributed by atoms with Gasteiger partial charge in [0, 0.05) is 16.1 Å². The lowest BCUT2D eigenvalue weighted by Gasteiger charge is -2.43. The third-order valence-electron chi connectivity index (χ3n) is 4.07. The van der Waals surface area contributed by atoms with E-state index in [2.05, 4.69) is 41.6 Å². The molecule has 112 valence electrons. The molecule has 0 spiro atoms. The van der Waals surface area contributed by atoms with Crippen LogP contribution in [0.2, 0.25) is 0 Å². The Morgan fingerprint density at radius 1 is 1.30 bits per heavy atom. The molecule has 4 heteroatoms. The van der Waals surface area contributed by atoms with Crippen molar-refractivity contribution in [2.24, 2.45) is 5.73 Å². The van der Waals surface area contributed by atoms with Gasteiger partial charge in [-0.2, -0.15) is 0 Å². The topological polar surface area (TPSA) is 29.3 Å². The molecule has 1 aliphatic rings. The average molecular weight is 343 g/mol. The highest BCUT2D eigenvalue weighted by atomic mass is 79.9. The maximum Gasteiger partial charge on any atom is 0.124 e. The molecule has 2 atom stereocenters. The van der Waals surface area contributed by atoms with Crippen molar-refractivity contribution in [3.63, 3.8) is 0 Å². The Labute approximate surface area is 129 Å². The Hall–Kier alpha value is -0.450. The van der Waals surface area contributed by atoms with Crippen molar-refractivity contribution < 1.29 is 4.39 Å². The van der Waals surface area contributed by atoms with Gasteiger partial charge in [0.25, 0.3) is 0 Å². The van der Waals surface area contributed by atoms with E-state index < -0.39 is 0 Å². The van der Waals surface area contributed by atoms with Gasteiger partial charge < -0.3 is 5.73 Å². The zero-order valence-corrected chi connectivity index (χ0v) is 14.1. The van der Waals surface area contributed by atoms with Crippen LogP contribution in [0.3, 0.4) is 0 Å². The van der Waals surface area contributed by atoms with E-state index in [0.717, 1.165) is 29.4 Å². The summed E-state index contributed by atoms with van der Waals surface area (Å²) in [7, 11) is 0. The zero-order chi connectivity index (χ0) is 14.9. The van der Waals surface area contributed by atoms with Crippen LogP contribution in [0.1, 0.15) is 51.6 Å². The molecular formula is C16H24BrFN2. The van der Waals surface area contributed by atoms with Crippen molar-refractivity contribution in [3.8, 4) is 0 Å². The second kappa shape index (κ2) is 6.12. The normalized spacial score (nSPS) is 25.5. The number of nitrogens with zero attached hydrogens (tertiary/aromatic N) is 1. The van der Waals surface area contributed by atoms with E-state index in [4.69, 9.17) is 5.73 Å². The molecule has 0 aliphatic carbocycles. The Kier molecular flexibility index (Phi) is 4.88. The largest absolute Gasteiger partial charge is 0.326 e. The van der Waals surface area contributed by atoms with Crippen LogP contribution in [0, 0.1) is 5.82 Å². The molecule has 1 heterocycles. The molecule has 1 aromatic carbocycles. The summed E-state index contributed by atoms with van der Waals surface area (Å²) in [4.78, 5) is 2.46. The number of rotatable bonds is 1. The van der Waals surface area contributed by atoms with Crippen LogP contribution >= 0.6 is 15.9 Å². The van der Waals surface area contributed by atoms with Gasteiger partial charge in [-0.05, 0) is 57.9 Å². The predicted octanol–water partition coefficient (Wildman–Crippen LogP) is 4.24. The highest BCUT2D eigenvalue weighted by Gasteiger charge is 2.36. The van der Waals surface area contributed by atoms with Gasteiger partial charge in [-0.3, -0.25) is 4.90 Å². The number of benzene rings is 1. The third-order valence-corrected chi connectivity index (χ3v) is 4.76. The molecule has 1 aromatic rings. The summed E-state index contributed by atoms with van der Waals surface area (Å²) in [5, 5.41) is 0. The van der Waals surface area contributed by atoms with Crippen LogP contribution in [0.15, 0.2) is 22.7 Å². The lowest BCUT2D eigenvalue weighted by Crippen LogP contribution is -2.49. The summed E-state index contributed by atoms with van der Waals surface area (Å²) < 4.78 is 14.2. The van der Waals surface area contributed by atoms with Gasteiger partial charge in [0.05, 0.1) is 6.04 Å². The van der Waals surface area contributed by atoms with Crippen molar-refractivity contribution in [1.29, 1.82) is 0 Å². The fourth-order valence-electron chi connectivity index (χ4n) is 3.08. The minimum atomic E-state index is -0.217. The van der Waals surface area contributed by atoms with Crippen molar-refractivity contribution in [2.75, 3.05) is 6.54 Å². The number of likely N-dealkylation sites (tertiary alicyclic amines) is 1. The van der Waals surface area contributed by atoms with Crippen LogP contribution in [-0.4, -0.2) is 23.0 Å². The molecule has 0 radical (unpaired) electrons. The molecule has 1 saturated heterocycles. The summed E-state index contributed by atoms with van der Waals surface area (Å²) in [6.07, 6.45) is 3.34. The SMILES string of the molecule is CC(C)(C)N1CCCCC(N)C1c1ccc(F)cc1Br. The molecule has 1 fully saturated rings. The molecule has 20 heavy (non-hydrogen) atoms. The molecule has 2 unspecified atom stereocenters. The van der Waals surface area contributed by atoms with Gasteiger partial charge in [-0.1, -0.05) is 28.4 Å². The van der Waals surface area contributed by atoms with Crippen LogP contribution in [0.4, 0.5) is 4.39 Å². The molecule has 0 aromatic heterocycles.